The zero-order chi connectivity index (χ0) is 18.4. The molecule has 1 N–H and O–H groups in total. The highest BCUT2D eigenvalue weighted by Gasteiger charge is 2.18. The second-order valence-corrected chi connectivity index (χ2v) is 7.05. The molecule has 0 unspecified atom stereocenters. The Bertz CT molecular complexity index is 767. The Kier molecular flexibility index (Phi) is 6.29. The Morgan fingerprint density at radius 1 is 1.00 bits per heavy atom. The van der Waals surface area contributed by atoms with E-state index in [1.165, 1.54) is 19.3 Å². The lowest BCUT2D eigenvalue weighted by atomic mass is 9.87. The number of halogens is 1. The maximum atomic E-state index is 12.2. The summed E-state index contributed by atoms with van der Waals surface area (Å²) in [6.07, 6.45) is 6.39. The fourth-order valence-corrected chi connectivity index (χ4v) is 3.47. The first-order valence-corrected chi connectivity index (χ1v) is 9.36. The van der Waals surface area contributed by atoms with Crippen LogP contribution in [0.25, 0.3) is 0 Å². The summed E-state index contributed by atoms with van der Waals surface area (Å²) in [5.74, 6) is 0.467. The van der Waals surface area contributed by atoms with E-state index >= 15 is 0 Å². The Morgan fingerprint density at radius 2 is 1.69 bits per heavy atom. The number of amides is 1. The molecule has 1 saturated carbocycles. The van der Waals surface area contributed by atoms with E-state index in [0.29, 0.717) is 34.4 Å². The predicted octanol–water partition coefficient (Wildman–Crippen LogP) is 5.47. The molecular formula is C21H22ClNO3. The standard InChI is InChI=1S/C21H22ClNO3/c22-19-9-5-4-8-18(19)21(25)23-16-10-12-17(13-11-16)26-20(24)14-15-6-2-1-3-7-15/h4-5,8-13,15H,1-3,6-7,14H2,(H,23,25). The highest BCUT2D eigenvalue weighted by Crippen LogP contribution is 2.27. The van der Waals surface area contributed by atoms with Crippen molar-refractivity contribution in [1.29, 1.82) is 0 Å². The molecule has 0 spiro atoms. The number of hydrogen-bond donors (Lipinski definition) is 1. The van der Waals surface area contributed by atoms with Crippen LogP contribution in [0.4, 0.5) is 5.69 Å². The van der Waals surface area contributed by atoms with Crippen LogP contribution in [0.2, 0.25) is 5.02 Å². The SMILES string of the molecule is O=C(CC1CCCCC1)Oc1ccc(NC(=O)c2ccccc2Cl)cc1. The number of ether oxygens (including phenoxy) is 1. The minimum absolute atomic E-state index is 0.190. The third-order valence-electron chi connectivity index (χ3n) is 4.64. The zero-order valence-corrected chi connectivity index (χ0v) is 15.3. The van der Waals surface area contributed by atoms with Gasteiger partial charge in [0.25, 0.3) is 5.91 Å². The van der Waals surface area contributed by atoms with Gasteiger partial charge in [-0.25, -0.2) is 0 Å². The van der Waals surface area contributed by atoms with Gasteiger partial charge in [-0.15, -0.1) is 0 Å². The first-order chi connectivity index (χ1) is 12.6. The molecule has 4 nitrogen and oxygen atoms in total. The summed E-state index contributed by atoms with van der Waals surface area (Å²) in [6.45, 7) is 0. The van der Waals surface area contributed by atoms with Crippen molar-refractivity contribution in [2.75, 3.05) is 5.32 Å². The summed E-state index contributed by atoms with van der Waals surface area (Å²) in [5, 5.41) is 3.18. The summed E-state index contributed by atoms with van der Waals surface area (Å²) in [4.78, 5) is 24.3. The van der Waals surface area contributed by atoms with Gasteiger partial charge in [0.1, 0.15) is 5.75 Å². The second kappa shape index (κ2) is 8.86. The zero-order valence-electron chi connectivity index (χ0n) is 14.5. The molecule has 0 bridgehead atoms. The lowest BCUT2D eigenvalue weighted by molar-refractivity contribution is -0.135. The average molecular weight is 372 g/mol. The number of carbonyl (C=O) groups is 2. The van der Waals surface area contributed by atoms with Crippen LogP contribution in [-0.2, 0) is 4.79 Å². The van der Waals surface area contributed by atoms with E-state index in [9.17, 15) is 9.59 Å². The lowest BCUT2D eigenvalue weighted by Gasteiger charge is -2.20. The molecule has 1 aliphatic carbocycles. The molecule has 1 fully saturated rings. The first kappa shape index (κ1) is 18.5. The molecule has 0 aliphatic heterocycles. The number of rotatable bonds is 5. The molecular weight excluding hydrogens is 350 g/mol. The van der Waals surface area contributed by atoms with Gasteiger partial charge in [0.15, 0.2) is 0 Å². The molecule has 0 radical (unpaired) electrons. The number of nitrogens with one attached hydrogen (secondary N) is 1. The summed E-state index contributed by atoms with van der Waals surface area (Å²) in [6, 6.07) is 13.6. The molecule has 3 rings (SSSR count). The average Bonchev–Trinajstić information content (AvgIpc) is 2.64. The predicted molar refractivity (Wildman–Crippen MR) is 103 cm³/mol. The number of esters is 1. The van der Waals surface area contributed by atoms with Crippen molar-refractivity contribution < 1.29 is 14.3 Å². The van der Waals surface area contributed by atoms with E-state index < -0.39 is 0 Å². The number of carbonyl (C=O) groups excluding carboxylic acids is 2. The van der Waals surface area contributed by atoms with Gasteiger partial charge < -0.3 is 10.1 Å². The number of anilines is 1. The summed E-state index contributed by atoms with van der Waals surface area (Å²) in [5.41, 5.74) is 1.03. The normalized spacial score (nSPS) is 14.7. The van der Waals surface area contributed by atoms with Gasteiger partial charge in [-0.1, -0.05) is 43.0 Å². The van der Waals surface area contributed by atoms with Crippen LogP contribution in [0, 0.1) is 5.92 Å². The van der Waals surface area contributed by atoms with Crippen molar-refractivity contribution >= 4 is 29.2 Å². The lowest BCUT2D eigenvalue weighted by Crippen LogP contribution is -2.16. The van der Waals surface area contributed by atoms with Crippen LogP contribution >= 0.6 is 11.6 Å². The van der Waals surface area contributed by atoms with Gasteiger partial charge in [0.05, 0.1) is 10.6 Å². The molecule has 1 amide bonds. The molecule has 26 heavy (non-hydrogen) atoms. The third-order valence-corrected chi connectivity index (χ3v) is 4.97. The fraction of sp³-hybridized carbons (Fsp3) is 0.333. The van der Waals surface area contributed by atoms with Crippen LogP contribution < -0.4 is 10.1 Å². The summed E-state index contributed by atoms with van der Waals surface area (Å²) >= 11 is 6.03. The van der Waals surface area contributed by atoms with Crippen LogP contribution in [0.5, 0.6) is 5.75 Å². The topological polar surface area (TPSA) is 55.4 Å². The Morgan fingerprint density at radius 3 is 2.38 bits per heavy atom. The van der Waals surface area contributed by atoms with Crippen molar-refractivity contribution in [1.82, 2.24) is 0 Å². The van der Waals surface area contributed by atoms with Crippen LogP contribution in [0.1, 0.15) is 48.9 Å². The van der Waals surface area contributed by atoms with E-state index in [4.69, 9.17) is 16.3 Å². The molecule has 136 valence electrons. The van der Waals surface area contributed by atoms with Crippen LogP contribution in [0.15, 0.2) is 48.5 Å². The van der Waals surface area contributed by atoms with Crippen molar-refractivity contribution in [3.05, 3.63) is 59.1 Å². The van der Waals surface area contributed by atoms with Crippen molar-refractivity contribution in [2.24, 2.45) is 5.92 Å². The van der Waals surface area contributed by atoms with E-state index in [0.717, 1.165) is 12.8 Å². The van der Waals surface area contributed by atoms with Gasteiger partial charge in [0, 0.05) is 12.1 Å². The first-order valence-electron chi connectivity index (χ1n) is 8.98. The molecule has 1 aliphatic rings. The Balaban J connectivity index is 1.54. The Hall–Kier alpha value is -2.33. The van der Waals surface area contributed by atoms with Gasteiger partial charge in [-0.3, -0.25) is 9.59 Å². The maximum Gasteiger partial charge on any atom is 0.311 e. The van der Waals surface area contributed by atoms with Crippen LogP contribution in [-0.4, -0.2) is 11.9 Å². The minimum atomic E-state index is -0.280. The number of benzene rings is 2. The monoisotopic (exact) mass is 371 g/mol. The smallest absolute Gasteiger partial charge is 0.311 e. The van der Waals surface area contributed by atoms with E-state index in [2.05, 4.69) is 5.32 Å². The van der Waals surface area contributed by atoms with Gasteiger partial charge in [-0.05, 0) is 55.2 Å². The minimum Gasteiger partial charge on any atom is -0.427 e. The molecule has 0 aromatic heterocycles. The maximum absolute atomic E-state index is 12.2. The second-order valence-electron chi connectivity index (χ2n) is 6.64. The highest BCUT2D eigenvalue weighted by atomic mass is 35.5. The van der Waals surface area contributed by atoms with E-state index in [-0.39, 0.29) is 11.9 Å². The van der Waals surface area contributed by atoms with Crippen molar-refractivity contribution in [3.8, 4) is 5.75 Å². The largest absolute Gasteiger partial charge is 0.427 e. The molecule has 0 atom stereocenters. The third kappa shape index (κ3) is 5.09. The molecule has 2 aromatic carbocycles. The quantitative estimate of drug-likeness (QED) is 0.560. The van der Waals surface area contributed by atoms with Crippen molar-refractivity contribution in [3.63, 3.8) is 0 Å². The molecule has 0 saturated heterocycles. The molecule has 0 heterocycles. The van der Waals surface area contributed by atoms with E-state index in [1.807, 2.05) is 0 Å². The van der Waals surface area contributed by atoms with E-state index in [1.54, 1.807) is 48.5 Å². The fourth-order valence-electron chi connectivity index (χ4n) is 3.25. The highest BCUT2D eigenvalue weighted by molar-refractivity contribution is 6.34. The Labute approximate surface area is 158 Å². The number of hydrogen-bond acceptors (Lipinski definition) is 3. The summed E-state index contributed by atoms with van der Waals surface area (Å²) < 4.78 is 5.41. The van der Waals surface area contributed by atoms with Crippen molar-refractivity contribution in [2.45, 2.75) is 38.5 Å². The molecule has 2 aromatic rings. The summed E-state index contributed by atoms with van der Waals surface area (Å²) in [7, 11) is 0. The molecule has 5 heteroatoms. The van der Waals surface area contributed by atoms with Gasteiger partial charge in [0.2, 0.25) is 0 Å². The van der Waals surface area contributed by atoms with Gasteiger partial charge in [-0.2, -0.15) is 0 Å². The van der Waals surface area contributed by atoms with Gasteiger partial charge >= 0.3 is 5.97 Å². The van der Waals surface area contributed by atoms with Crippen LogP contribution in [0.3, 0.4) is 0 Å².